The lowest BCUT2D eigenvalue weighted by Gasteiger charge is -2.10. The maximum absolute atomic E-state index is 10.9. The molecule has 0 fully saturated rings. The van der Waals surface area contributed by atoms with E-state index in [1.807, 2.05) is 31.2 Å². The summed E-state index contributed by atoms with van der Waals surface area (Å²) in [7, 11) is 1.67. The summed E-state index contributed by atoms with van der Waals surface area (Å²) in [4.78, 5) is 15.2. The smallest absolute Gasteiger partial charge is 0.356 e. The van der Waals surface area contributed by atoms with Crippen molar-refractivity contribution in [2.45, 2.75) is 13.0 Å². The number of fused-ring (bicyclic) bond motifs is 1. The number of aromatic nitrogens is 3. The van der Waals surface area contributed by atoms with Crippen LogP contribution < -0.4 is 0 Å². The summed E-state index contributed by atoms with van der Waals surface area (Å²) in [6.45, 7) is 1.99. The highest BCUT2D eigenvalue weighted by Gasteiger charge is 2.10. The molecule has 0 saturated carbocycles. The molecule has 2 heterocycles. The number of hydrogen-bond donors (Lipinski definition) is 1. The minimum Gasteiger partial charge on any atom is -0.476 e. The second kappa shape index (κ2) is 5.57. The Kier molecular flexibility index (Phi) is 3.60. The Bertz CT molecular complexity index is 824. The van der Waals surface area contributed by atoms with Crippen LogP contribution in [-0.2, 0) is 4.74 Å². The fourth-order valence-corrected chi connectivity index (χ4v) is 2.21. The number of carboxylic acid groups (broad SMARTS) is 1. The molecule has 22 heavy (non-hydrogen) atoms. The van der Waals surface area contributed by atoms with Crippen molar-refractivity contribution in [2.75, 3.05) is 7.11 Å². The maximum atomic E-state index is 10.9. The average molecular weight is 297 g/mol. The predicted octanol–water partition coefficient (Wildman–Crippen LogP) is 2.80. The van der Waals surface area contributed by atoms with Gasteiger partial charge < -0.3 is 9.84 Å². The van der Waals surface area contributed by atoms with Crippen LogP contribution in [-0.4, -0.2) is 32.8 Å². The molecule has 3 aromatic rings. The molecule has 0 radical (unpaired) electrons. The number of ether oxygens (including phenoxy) is 1. The van der Waals surface area contributed by atoms with Crippen LogP contribution in [0.4, 0.5) is 0 Å². The van der Waals surface area contributed by atoms with Gasteiger partial charge in [0.25, 0.3) is 0 Å². The number of carboxylic acids is 1. The lowest BCUT2D eigenvalue weighted by atomic mass is 10.0. The third kappa shape index (κ3) is 2.56. The van der Waals surface area contributed by atoms with Crippen LogP contribution in [0.1, 0.15) is 29.1 Å². The molecular formula is C16H15N3O3. The molecule has 0 bridgehead atoms. The number of rotatable bonds is 4. The molecule has 0 aliphatic rings. The molecule has 1 N–H and O–H groups in total. The Labute approximate surface area is 127 Å². The summed E-state index contributed by atoms with van der Waals surface area (Å²) in [6.07, 6.45) is 3.51. The van der Waals surface area contributed by atoms with E-state index in [1.54, 1.807) is 19.5 Å². The highest BCUT2D eigenvalue weighted by atomic mass is 16.5. The topological polar surface area (TPSA) is 76.7 Å². The summed E-state index contributed by atoms with van der Waals surface area (Å²) in [6, 6.07) is 9.40. The number of nitrogens with zero attached hydrogens (tertiary/aromatic N) is 3. The largest absolute Gasteiger partial charge is 0.476 e. The fourth-order valence-electron chi connectivity index (χ4n) is 2.21. The molecule has 6 heteroatoms. The van der Waals surface area contributed by atoms with Gasteiger partial charge in [-0.1, -0.05) is 24.3 Å². The summed E-state index contributed by atoms with van der Waals surface area (Å²) in [5, 5.41) is 13.0. The van der Waals surface area contributed by atoms with Gasteiger partial charge in [0.1, 0.15) is 0 Å². The zero-order valence-corrected chi connectivity index (χ0v) is 12.2. The van der Waals surface area contributed by atoms with Crippen molar-refractivity contribution in [1.29, 1.82) is 0 Å². The Morgan fingerprint density at radius 2 is 2.00 bits per heavy atom. The minimum absolute atomic E-state index is 0.0195. The van der Waals surface area contributed by atoms with Gasteiger partial charge in [-0.2, -0.15) is 5.10 Å². The van der Waals surface area contributed by atoms with Crippen molar-refractivity contribution in [2.24, 2.45) is 0 Å². The van der Waals surface area contributed by atoms with Gasteiger partial charge in [0.05, 0.1) is 6.10 Å². The van der Waals surface area contributed by atoms with E-state index in [0.29, 0.717) is 5.65 Å². The molecule has 2 aromatic heterocycles. The summed E-state index contributed by atoms with van der Waals surface area (Å²) >= 11 is 0. The van der Waals surface area contributed by atoms with Crippen LogP contribution >= 0.6 is 0 Å². The third-order valence-electron chi connectivity index (χ3n) is 3.60. The molecule has 0 amide bonds. The van der Waals surface area contributed by atoms with Gasteiger partial charge in [0.2, 0.25) is 0 Å². The van der Waals surface area contributed by atoms with Crippen molar-refractivity contribution in [1.82, 2.24) is 14.6 Å². The summed E-state index contributed by atoms with van der Waals surface area (Å²) in [5.41, 5.74) is 3.42. The lowest BCUT2D eigenvalue weighted by molar-refractivity contribution is 0.0690. The van der Waals surface area contributed by atoms with E-state index in [0.717, 1.165) is 16.7 Å². The minimum atomic E-state index is -1.06. The van der Waals surface area contributed by atoms with Gasteiger partial charge in [-0.05, 0) is 18.1 Å². The molecule has 0 aliphatic carbocycles. The van der Waals surface area contributed by atoms with E-state index in [1.165, 1.54) is 10.6 Å². The molecule has 3 rings (SSSR count). The highest BCUT2D eigenvalue weighted by Crippen LogP contribution is 2.23. The van der Waals surface area contributed by atoms with Crippen LogP contribution in [0.5, 0.6) is 0 Å². The number of methoxy groups -OCH3 is 1. The molecule has 0 saturated heterocycles. The Balaban J connectivity index is 1.97. The zero-order chi connectivity index (χ0) is 15.7. The van der Waals surface area contributed by atoms with Gasteiger partial charge in [-0.3, -0.25) is 0 Å². The van der Waals surface area contributed by atoms with Gasteiger partial charge in [-0.25, -0.2) is 14.3 Å². The van der Waals surface area contributed by atoms with Crippen molar-refractivity contribution >= 4 is 11.6 Å². The van der Waals surface area contributed by atoms with E-state index in [2.05, 4.69) is 10.1 Å². The number of aromatic carboxylic acids is 1. The fraction of sp³-hybridized carbons (Fsp3) is 0.188. The van der Waals surface area contributed by atoms with Gasteiger partial charge in [0, 0.05) is 31.1 Å². The molecule has 112 valence electrons. The third-order valence-corrected chi connectivity index (χ3v) is 3.60. The second-order valence-corrected chi connectivity index (χ2v) is 4.98. The van der Waals surface area contributed by atoms with Gasteiger partial charge >= 0.3 is 5.97 Å². The predicted molar refractivity (Wildman–Crippen MR) is 80.8 cm³/mol. The zero-order valence-electron chi connectivity index (χ0n) is 12.2. The molecule has 0 aliphatic heterocycles. The first kappa shape index (κ1) is 14.2. The van der Waals surface area contributed by atoms with E-state index in [-0.39, 0.29) is 11.8 Å². The quantitative estimate of drug-likeness (QED) is 0.801. The normalized spacial score (nSPS) is 12.5. The second-order valence-electron chi connectivity index (χ2n) is 4.98. The lowest BCUT2D eigenvalue weighted by Crippen LogP contribution is -1.98. The van der Waals surface area contributed by atoms with Crippen molar-refractivity contribution in [3.8, 4) is 11.1 Å². The van der Waals surface area contributed by atoms with Gasteiger partial charge in [-0.15, -0.1) is 0 Å². The van der Waals surface area contributed by atoms with Crippen LogP contribution in [0.2, 0.25) is 0 Å². The Morgan fingerprint density at radius 3 is 2.64 bits per heavy atom. The summed E-state index contributed by atoms with van der Waals surface area (Å²) < 4.78 is 6.76. The van der Waals surface area contributed by atoms with Crippen molar-refractivity contribution in [3.05, 3.63) is 54.0 Å². The van der Waals surface area contributed by atoms with Crippen molar-refractivity contribution in [3.63, 3.8) is 0 Å². The van der Waals surface area contributed by atoms with Crippen LogP contribution in [0.25, 0.3) is 16.8 Å². The van der Waals surface area contributed by atoms with E-state index >= 15 is 0 Å². The standard InChI is InChI=1S/C16H15N3O3/c1-10(22-2)11-3-5-12(6-4-11)13-8-17-15-7-14(16(20)21)18-19(15)9-13/h3-10H,1-2H3,(H,20,21)/t10-/m0/s1. The van der Waals surface area contributed by atoms with E-state index < -0.39 is 5.97 Å². The summed E-state index contributed by atoms with van der Waals surface area (Å²) in [5.74, 6) is -1.06. The first-order valence-corrected chi connectivity index (χ1v) is 6.80. The van der Waals surface area contributed by atoms with Crippen LogP contribution in [0.3, 0.4) is 0 Å². The molecule has 1 atom stereocenters. The van der Waals surface area contributed by atoms with Crippen LogP contribution in [0.15, 0.2) is 42.7 Å². The van der Waals surface area contributed by atoms with Crippen LogP contribution in [0, 0.1) is 0 Å². The van der Waals surface area contributed by atoms with Gasteiger partial charge in [0.15, 0.2) is 11.3 Å². The maximum Gasteiger partial charge on any atom is 0.356 e. The van der Waals surface area contributed by atoms with Crippen molar-refractivity contribution < 1.29 is 14.6 Å². The SMILES string of the molecule is CO[C@@H](C)c1ccc(-c2cnc3cc(C(=O)O)nn3c2)cc1. The number of hydrogen-bond acceptors (Lipinski definition) is 4. The molecular weight excluding hydrogens is 282 g/mol. The van der Waals surface area contributed by atoms with E-state index in [4.69, 9.17) is 9.84 Å². The average Bonchev–Trinajstić information content (AvgIpc) is 2.97. The monoisotopic (exact) mass is 297 g/mol. The molecule has 0 spiro atoms. The Morgan fingerprint density at radius 1 is 1.27 bits per heavy atom. The first-order chi connectivity index (χ1) is 10.6. The number of carbonyl (C=O) groups is 1. The Hall–Kier alpha value is -2.73. The molecule has 0 unspecified atom stereocenters. The number of benzene rings is 1. The molecule has 6 nitrogen and oxygen atoms in total. The van der Waals surface area contributed by atoms with E-state index in [9.17, 15) is 4.79 Å². The highest BCUT2D eigenvalue weighted by molar-refractivity contribution is 5.86. The first-order valence-electron chi connectivity index (χ1n) is 6.80. The molecule has 1 aromatic carbocycles.